The summed E-state index contributed by atoms with van der Waals surface area (Å²) in [7, 11) is 0. The second kappa shape index (κ2) is 7.21. The lowest BCUT2D eigenvalue weighted by Gasteiger charge is -2.12. The van der Waals surface area contributed by atoms with Crippen molar-refractivity contribution in [3.63, 3.8) is 0 Å². The van der Waals surface area contributed by atoms with Crippen LogP contribution in [-0.2, 0) is 15.7 Å². The van der Waals surface area contributed by atoms with Gasteiger partial charge in [-0.1, -0.05) is 0 Å². The van der Waals surface area contributed by atoms with Crippen molar-refractivity contribution in [2.75, 3.05) is 24.3 Å². The number of rotatable bonds is 6. The Morgan fingerprint density at radius 2 is 2.00 bits per heavy atom. The van der Waals surface area contributed by atoms with Crippen LogP contribution >= 0.6 is 0 Å². The zero-order valence-electron chi connectivity index (χ0n) is 10.7. The maximum absolute atomic E-state index is 12.4. The zero-order chi connectivity index (χ0) is 16.0. The van der Waals surface area contributed by atoms with E-state index in [2.05, 4.69) is 10.1 Å². The Morgan fingerprint density at radius 3 is 2.52 bits per heavy atom. The highest BCUT2D eigenvalue weighted by Gasteiger charge is 2.30. The normalized spacial score (nSPS) is 11.7. The van der Waals surface area contributed by atoms with E-state index in [-0.39, 0.29) is 24.4 Å². The number of nitrogens with two attached hydrogens (primary N) is 1. The average Bonchev–Trinajstić information content (AvgIpc) is 2.35. The first-order valence-electron chi connectivity index (χ1n) is 5.82. The van der Waals surface area contributed by atoms with E-state index in [0.717, 1.165) is 12.1 Å². The average molecular weight is 312 g/mol. The molecule has 0 unspecified atom stereocenters. The second-order valence-corrected chi connectivity index (χ2v) is 4.06. The van der Waals surface area contributed by atoms with Crippen LogP contribution in [0.5, 0.6) is 0 Å². The first-order valence-corrected chi connectivity index (χ1v) is 5.82. The molecule has 0 aromatic heterocycles. The number of nitrogens with one attached hydrogen (secondary N) is 1. The molecule has 0 spiro atoms. The molecule has 0 aliphatic heterocycles. The van der Waals surface area contributed by atoms with Crippen LogP contribution in [0, 0.1) is 0 Å². The number of hydrogen-bond acceptors (Lipinski definition) is 3. The molecule has 0 fully saturated rings. The van der Waals surface area contributed by atoms with Crippen LogP contribution in [0.25, 0.3) is 0 Å². The molecule has 1 rings (SSSR count). The lowest BCUT2D eigenvalue weighted by Crippen LogP contribution is -2.17. The number of carbonyl (C=O) groups excluding carboxylic acids is 1. The lowest BCUT2D eigenvalue weighted by atomic mass is 10.1. The minimum absolute atomic E-state index is 0.0156. The third-order valence-electron chi connectivity index (χ3n) is 2.37. The molecule has 9 heteroatoms. The van der Waals surface area contributed by atoms with Crippen LogP contribution in [0.1, 0.15) is 12.0 Å². The number of carbonyl (C=O) groups is 1. The van der Waals surface area contributed by atoms with Crippen LogP contribution in [0.2, 0.25) is 0 Å². The van der Waals surface area contributed by atoms with Gasteiger partial charge in [0.15, 0.2) is 0 Å². The molecule has 0 aliphatic carbocycles. The van der Waals surface area contributed by atoms with Crippen molar-refractivity contribution < 1.29 is 31.5 Å². The third kappa shape index (κ3) is 5.94. The highest BCUT2D eigenvalue weighted by molar-refractivity contribution is 5.93. The number of ether oxygens (including phenoxy) is 1. The molecule has 21 heavy (non-hydrogen) atoms. The zero-order valence-corrected chi connectivity index (χ0v) is 10.7. The van der Waals surface area contributed by atoms with E-state index < -0.39 is 30.7 Å². The van der Waals surface area contributed by atoms with E-state index in [9.17, 15) is 26.7 Å². The molecule has 4 nitrogen and oxygen atoms in total. The van der Waals surface area contributed by atoms with Crippen LogP contribution in [0.3, 0.4) is 0 Å². The number of anilines is 2. The number of amides is 1. The van der Waals surface area contributed by atoms with Gasteiger partial charge in [-0.15, -0.1) is 0 Å². The molecular formula is C12H13F5N2O2. The molecule has 118 valence electrons. The Hall–Kier alpha value is -1.90. The fourth-order valence-corrected chi connectivity index (χ4v) is 1.40. The van der Waals surface area contributed by atoms with Crippen molar-refractivity contribution in [2.24, 2.45) is 0 Å². The minimum atomic E-state index is -4.53. The third-order valence-corrected chi connectivity index (χ3v) is 2.37. The predicted octanol–water partition coefficient (Wildman–Crippen LogP) is 2.90. The van der Waals surface area contributed by atoms with Crippen molar-refractivity contribution in [1.29, 1.82) is 0 Å². The van der Waals surface area contributed by atoms with Gasteiger partial charge in [-0.05, 0) is 18.2 Å². The summed E-state index contributed by atoms with van der Waals surface area (Å²) < 4.78 is 65.3. The number of alkyl halides is 5. The number of halogens is 5. The van der Waals surface area contributed by atoms with Crippen molar-refractivity contribution >= 4 is 17.3 Å². The van der Waals surface area contributed by atoms with E-state index in [1.807, 2.05) is 0 Å². The Bertz CT molecular complexity index is 491. The summed E-state index contributed by atoms with van der Waals surface area (Å²) >= 11 is 0. The summed E-state index contributed by atoms with van der Waals surface area (Å²) in [4.78, 5) is 11.4. The van der Waals surface area contributed by atoms with Crippen LogP contribution in [-0.4, -0.2) is 25.5 Å². The Morgan fingerprint density at radius 1 is 1.33 bits per heavy atom. The van der Waals surface area contributed by atoms with Gasteiger partial charge in [-0.3, -0.25) is 4.79 Å². The molecule has 0 radical (unpaired) electrons. The smallest absolute Gasteiger partial charge is 0.397 e. The van der Waals surface area contributed by atoms with Gasteiger partial charge in [0, 0.05) is 0 Å². The van der Waals surface area contributed by atoms with Gasteiger partial charge in [-0.25, -0.2) is 8.78 Å². The maximum atomic E-state index is 12.4. The SMILES string of the molecule is Nc1cc(C(F)(F)F)ccc1NC(=O)CCOCC(F)F. The van der Waals surface area contributed by atoms with Gasteiger partial charge < -0.3 is 15.8 Å². The van der Waals surface area contributed by atoms with E-state index in [1.54, 1.807) is 0 Å². The molecule has 3 N–H and O–H groups in total. The standard InChI is InChI=1S/C12H13F5N2O2/c13-10(14)6-21-4-3-11(20)19-9-2-1-7(5-8(9)18)12(15,16)17/h1-2,5,10H,3-4,6,18H2,(H,19,20). The van der Waals surface area contributed by atoms with Gasteiger partial charge in [0.2, 0.25) is 5.91 Å². The fourth-order valence-electron chi connectivity index (χ4n) is 1.40. The van der Waals surface area contributed by atoms with Gasteiger partial charge in [0.25, 0.3) is 6.43 Å². The van der Waals surface area contributed by atoms with Crippen molar-refractivity contribution in [2.45, 2.75) is 19.0 Å². The molecule has 0 saturated heterocycles. The predicted molar refractivity (Wildman–Crippen MR) is 65.9 cm³/mol. The van der Waals surface area contributed by atoms with Gasteiger partial charge in [0.05, 0.1) is 30.0 Å². The fraction of sp³-hybridized carbons (Fsp3) is 0.417. The molecule has 0 aliphatic rings. The monoisotopic (exact) mass is 312 g/mol. The second-order valence-electron chi connectivity index (χ2n) is 4.06. The highest BCUT2D eigenvalue weighted by Crippen LogP contribution is 2.32. The molecule has 1 aromatic rings. The van der Waals surface area contributed by atoms with Gasteiger partial charge in [0.1, 0.15) is 6.61 Å². The number of benzene rings is 1. The molecular weight excluding hydrogens is 299 g/mol. The first kappa shape index (κ1) is 17.2. The van der Waals surface area contributed by atoms with Crippen molar-refractivity contribution in [1.82, 2.24) is 0 Å². The molecule has 0 saturated carbocycles. The van der Waals surface area contributed by atoms with E-state index >= 15 is 0 Å². The summed E-state index contributed by atoms with van der Waals surface area (Å²) in [5.74, 6) is -0.601. The number of hydrogen-bond donors (Lipinski definition) is 2. The highest BCUT2D eigenvalue weighted by atomic mass is 19.4. The molecule has 0 atom stereocenters. The molecule has 0 bridgehead atoms. The Labute approximate surface area is 117 Å². The van der Waals surface area contributed by atoms with Crippen molar-refractivity contribution in [3.05, 3.63) is 23.8 Å². The van der Waals surface area contributed by atoms with E-state index in [4.69, 9.17) is 5.73 Å². The van der Waals surface area contributed by atoms with E-state index in [0.29, 0.717) is 6.07 Å². The van der Waals surface area contributed by atoms with Crippen LogP contribution < -0.4 is 11.1 Å². The van der Waals surface area contributed by atoms with Crippen molar-refractivity contribution in [3.8, 4) is 0 Å². The first-order chi connectivity index (χ1) is 9.70. The Balaban J connectivity index is 2.53. The summed E-state index contributed by atoms with van der Waals surface area (Å²) in [6.45, 7) is -1.01. The number of nitrogen functional groups attached to an aromatic ring is 1. The summed E-state index contributed by atoms with van der Waals surface area (Å²) in [5.41, 5.74) is 4.26. The Kier molecular flexibility index (Phi) is 5.89. The maximum Gasteiger partial charge on any atom is 0.416 e. The molecule has 1 aromatic carbocycles. The molecule has 0 heterocycles. The van der Waals surface area contributed by atoms with Gasteiger partial charge >= 0.3 is 6.18 Å². The summed E-state index contributed by atoms with van der Waals surface area (Å²) in [6.07, 6.45) is -7.37. The van der Waals surface area contributed by atoms with Gasteiger partial charge in [-0.2, -0.15) is 13.2 Å². The topological polar surface area (TPSA) is 64.3 Å². The summed E-state index contributed by atoms with van der Waals surface area (Å²) in [5, 5.41) is 2.28. The quantitative estimate of drug-likeness (QED) is 0.482. The largest absolute Gasteiger partial charge is 0.416 e. The van der Waals surface area contributed by atoms with Crippen LogP contribution in [0.4, 0.5) is 33.3 Å². The van der Waals surface area contributed by atoms with E-state index in [1.165, 1.54) is 0 Å². The summed E-state index contributed by atoms with van der Waals surface area (Å²) in [6, 6.07) is 2.50. The minimum Gasteiger partial charge on any atom is -0.397 e. The van der Waals surface area contributed by atoms with Crippen LogP contribution in [0.15, 0.2) is 18.2 Å². The molecule has 1 amide bonds. The lowest BCUT2D eigenvalue weighted by molar-refractivity contribution is -0.137.